The van der Waals surface area contributed by atoms with Crippen molar-refractivity contribution < 1.29 is 18.7 Å². The Morgan fingerprint density at radius 2 is 1.70 bits per heavy atom. The van der Waals surface area contributed by atoms with Crippen LogP contribution in [-0.2, 0) is 11.3 Å². The van der Waals surface area contributed by atoms with Gasteiger partial charge >= 0.3 is 0 Å². The van der Waals surface area contributed by atoms with Gasteiger partial charge in [-0.1, -0.05) is 37.6 Å². The number of ether oxygens (including phenoxy) is 1. The van der Waals surface area contributed by atoms with Gasteiger partial charge in [0.05, 0.1) is 17.7 Å². The minimum absolute atomic E-state index is 0.0732. The van der Waals surface area contributed by atoms with Crippen molar-refractivity contribution in [1.82, 2.24) is 15.1 Å². The van der Waals surface area contributed by atoms with E-state index in [0.29, 0.717) is 24.6 Å². The lowest BCUT2D eigenvalue weighted by molar-refractivity contribution is 0.0837. The molecule has 1 fully saturated rings. The second-order valence-electron chi connectivity index (χ2n) is 12.6. The van der Waals surface area contributed by atoms with E-state index < -0.39 is 5.82 Å². The molecule has 4 aromatic rings. The van der Waals surface area contributed by atoms with E-state index in [1.165, 1.54) is 11.6 Å². The largest absolute Gasteiger partial charge is 0.383 e. The molecule has 3 unspecified atom stereocenters. The van der Waals surface area contributed by atoms with Crippen LogP contribution in [0, 0.1) is 44.3 Å². The van der Waals surface area contributed by atoms with Crippen LogP contribution in [0.15, 0.2) is 54.7 Å². The smallest absolute Gasteiger partial charge is 0.251 e. The second kappa shape index (κ2) is 13.9. The van der Waals surface area contributed by atoms with E-state index in [2.05, 4.69) is 38.4 Å². The highest BCUT2D eigenvalue weighted by Gasteiger charge is 2.30. The number of amides is 1. The molecule has 6 nitrogen and oxygen atoms in total. The second-order valence-corrected chi connectivity index (χ2v) is 12.6. The minimum Gasteiger partial charge on any atom is -0.383 e. The van der Waals surface area contributed by atoms with Gasteiger partial charge in [0, 0.05) is 43.3 Å². The third-order valence-electron chi connectivity index (χ3n) is 9.54. The molecule has 1 N–H and O–H groups in total. The van der Waals surface area contributed by atoms with Gasteiger partial charge in [0.1, 0.15) is 5.82 Å². The Morgan fingerprint density at radius 3 is 2.45 bits per heavy atom. The van der Waals surface area contributed by atoms with E-state index in [9.17, 15) is 9.59 Å². The molecule has 3 aromatic carbocycles. The Kier molecular flexibility index (Phi) is 9.94. The first kappa shape index (κ1) is 31.6. The van der Waals surface area contributed by atoms with Crippen molar-refractivity contribution in [1.29, 1.82) is 0 Å². The highest BCUT2D eigenvalue weighted by atomic mass is 19.1. The number of nitrogens with zero attached hydrogens (tertiary/aromatic N) is 2. The van der Waals surface area contributed by atoms with Gasteiger partial charge in [-0.3, -0.25) is 14.3 Å². The summed E-state index contributed by atoms with van der Waals surface area (Å²) < 4.78 is 22.4. The van der Waals surface area contributed by atoms with Crippen molar-refractivity contribution in [3.63, 3.8) is 0 Å². The molecule has 1 aromatic heterocycles. The Hall–Kier alpha value is -3.84. The Bertz CT molecular complexity index is 1660. The maximum Gasteiger partial charge on any atom is 0.251 e. The number of fused-ring (bicyclic) bond motifs is 1. The van der Waals surface area contributed by atoms with Gasteiger partial charge in [-0.05, 0) is 110 Å². The number of benzene rings is 3. The van der Waals surface area contributed by atoms with E-state index in [1.807, 2.05) is 41.9 Å². The average molecular weight is 598 g/mol. The van der Waals surface area contributed by atoms with Gasteiger partial charge in [-0.2, -0.15) is 5.10 Å². The topological polar surface area (TPSA) is 73.2 Å². The van der Waals surface area contributed by atoms with Crippen molar-refractivity contribution in [2.75, 3.05) is 20.3 Å². The van der Waals surface area contributed by atoms with Crippen LogP contribution in [0.25, 0.3) is 22.0 Å². The number of ketones is 1. The molecular formula is C37H44FN3O3. The number of hydrogen-bond acceptors (Lipinski definition) is 4. The van der Waals surface area contributed by atoms with Crippen molar-refractivity contribution in [3.05, 3.63) is 88.4 Å². The molecule has 0 aliphatic heterocycles. The zero-order valence-corrected chi connectivity index (χ0v) is 26.6. The maximum atomic E-state index is 15.3. The van der Waals surface area contributed by atoms with E-state index in [-0.39, 0.29) is 29.1 Å². The van der Waals surface area contributed by atoms with Gasteiger partial charge in [0.2, 0.25) is 0 Å². The number of carbonyl (C=O) groups excluding carboxylic acids is 2. The minimum atomic E-state index is -0.436. The number of nitrogens with one attached hydrogen (secondary N) is 1. The number of carbonyl (C=O) groups is 2. The van der Waals surface area contributed by atoms with Crippen molar-refractivity contribution in [2.45, 2.75) is 66.3 Å². The molecule has 1 aliphatic rings. The van der Waals surface area contributed by atoms with Gasteiger partial charge in [0.15, 0.2) is 5.78 Å². The van der Waals surface area contributed by atoms with Gasteiger partial charge in [-0.25, -0.2) is 4.39 Å². The molecule has 1 amide bonds. The normalized spacial score (nSPS) is 19.0. The number of methoxy groups -OCH3 is 1. The summed E-state index contributed by atoms with van der Waals surface area (Å²) in [6.07, 6.45) is 6.62. The molecular weight excluding hydrogens is 553 g/mol. The fraction of sp³-hybridized carbons (Fsp3) is 0.432. The van der Waals surface area contributed by atoms with Crippen LogP contribution in [0.2, 0.25) is 0 Å². The highest BCUT2D eigenvalue weighted by Crippen LogP contribution is 2.35. The maximum absolute atomic E-state index is 15.3. The summed E-state index contributed by atoms with van der Waals surface area (Å²) in [6.45, 7) is 9.94. The molecule has 1 aliphatic carbocycles. The zero-order valence-electron chi connectivity index (χ0n) is 26.6. The number of hydrogen-bond donors (Lipinski definition) is 1. The monoisotopic (exact) mass is 597 g/mol. The van der Waals surface area contributed by atoms with E-state index in [4.69, 9.17) is 9.84 Å². The number of rotatable bonds is 9. The molecule has 5 rings (SSSR count). The van der Waals surface area contributed by atoms with Crippen LogP contribution < -0.4 is 5.32 Å². The number of aryl methyl sites for hydroxylation is 3. The molecule has 1 heterocycles. The third-order valence-corrected chi connectivity index (χ3v) is 9.54. The molecule has 7 heteroatoms. The number of halogens is 1. The van der Waals surface area contributed by atoms with E-state index in [1.54, 1.807) is 13.2 Å². The molecule has 1 saturated carbocycles. The predicted octanol–water partition coefficient (Wildman–Crippen LogP) is 7.86. The molecule has 0 spiro atoms. The predicted molar refractivity (Wildman–Crippen MR) is 174 cm³/mol. The van der Waals surface area contributed by atoms with E-state index in [0.717, 1.165) is 71.8 Å². The van der Waals surface area contributed by atoms with Gasteiger partial charge < -0.3 is 10.1 Å². The standard InChI is InChI=1S/C37H44FN3O3/c1-23-10-12-28(19-25(23)3)29-13-14-32(34(38)20-29)36(42)30-8-6-7-27(11-9-24(30)2)21-41-22-33-26(4)31(15-16-35(33)40-41)37(43)39-17-18-44-5/h10,12-16,19-20,22,24,27,30H,6-9,11,17-18,21H2,1-5H3,(H,39,43). The molecule has 0 saturated heterocycles. The van der Waals surface area contributed by atoms with Crippen LogP contribution in [-0.4, -0.2) is 41.7 Å². The summed E-state index contributed by atoms with van der Waals surface area (Å²) in [6, 6.07) is 14.9. The highest BCUT2D eigenvalue weighted by molar-refractivity contribution is 6.00. The Balaban J connectivity index is 1.22. The lowest BCUT2D eigenvalue weighted by Gasteiger charge is -2.29. The quantitative estimate of drug-likeness (QED) is 0.157. The SMILES string of the molecule is COCCNC(=O)c1ccc2nn(CC3CCCC(C(=O)c4ccc(-c5ccc(C)c(C)c5)cc4F)C(C)CC3)cc2c1C. The fourth-order valence-electron chi connectivity index (χ4n) is 6.59. The van der Waals surface area contributed by atoms with Crippen molar-refractivity contribution in [2.24, 2.45) is 17.8 Å². The summed E-state index contributed by atoms with van der Waals surface area (Å²) >= 11 is 0. The molecule has 0 bridgehead atoms. The summed E-state index contributed by atoms with van der Waals surface area (Å²) in [4.78, 5) is 26.3. The van der Waals surface area contributed by atoms with Crippen LogP contribution in [0.1, 0.15) is 76.4 Å². The fourth-order valence-corrected chi connectivity index (χ4v) is 6.59. The number of aromatic nitrogens is 2. The zero-order chi connectivity index (χ0) is 31.4. The molecule has 44 heavy (non-hydrogen) atoms. The van der Waals surface area contributed by atoms with Crippen molar-refractivity contribution >= 4 is 22.6 Å². The van der Waals surface area contributed by atoms with Crippen LogP contribution >= 0.6 is 0 Å². The van der Waals surface area contributed by atoms with Crippen LogP contribution in [0.5, 0.6) is 0 Å². The number of Topliss-reactive ketones (excluding diaryl/α,β-unsaturated/α-hetero) is 1. The Morgan fingerprint density at radius 1 is 0.955 bits per heavy atom. The van der Waals surface area contributed by atoms with Gasteiger partial charge in [0.25, 0.3) is 5.91 Å². The summed E-state index contributed by atoms with van der Waals surface area (Å²) in [5, 5.41) is 8.70. The van der Waals surface area contributed by atoms with Gasteiger partial charge in [-0.15, -0.1) is 0 Å². The van der Waals surface area contributed by atoms with Crippen LogP contribution in [0.4, 0.5) is 4.39 Å². The summed E-state index contributed by atoms with van der Waals surface area (Å²) in [7, 11) is 1.61. The summed E-state index contributed by atoms with van der Waals surface area (Å²) in [5.41, 5.74) is 6.77. The van der Waals surface area contributed by atoms with Crippen LogP contribution in [0.3, 0.4) is 0 Å². The van der Waals surface area contributed by atoms with Crippen molar-refractivity contribution in [3.8, 4) is 11.1 Å². The first-order valence-electron chi connectivity index (χ1n) is 15.8. The molecule has 0 radical (unpaired) electrons. The lowest BCUT2D eigenvalue weighted by atomic mass is 9.76. The van der Waals surface area contributed by atoms with E-state index >= 15 is 4.39 Å². The molecule has 3 atom stereocenters. The Labute approximate surface area is 260 Å². The first-order chi connectivity index (χ1) is 21.2. The molecule has 232 valence electrons. The summed E-state index contributed by atoms with van der Waals surface area (Å²) in [5.74, 6) is -0.188. The lowest BCUT2D eigenvalue weighted by Crippen LogP contribution is -2.27. The first-order valence-corrected chi connectivity index (χ1v) is 15.8. The third kappa shape index (κ3) is 6.94. The average Bonchev–Trinajstić information content (AvgIpc) is 3.41.